The zero-order valence-electron chi connectivity index (χ0n) is 8.17. The molecule has 1 aromatic carbocycles. The van der Waals surface area contributed by atoms with E-state index >= 15 is 0 Å². The Morgan fingerprint density at radius 2 is 1.73 bits per heavy atom. The fourth-order valence-corrected chi connectivity index (χ4v) is 4.22. The first-order valence-corrected chi connectivity index (χ1v) is 7.04. The van der Waals surface area contributed by atoms with E-state index in [0.717, 1.165) is 4.47 Å². The van der Waals surface area contributed by atoms with E-state index in [2.05, 4.69) is 69.1 Å². The summed E-state index contributed by atoms with van der Waals surface area (Å²) in [5, 5.41) is 1.36. The molecular formula is C12H9Br2P. The van der Waals surface area contributed by atoms with Gasteiger partial charge in [-0.2, -0.15) is 0 Å². The zero-order valence-corrected chi connectivity index (χ0v) is 12.2. The average molecular weight is 344 g/mol. The van der Waals surface area contributed by atoms with E-state index in [9.17, 15) is 0 Å². The minimum Gasteiger partial charge on any atom is -0.0622 e. The lowest BCUT2D eigenvalue weighted by atomic mass is 10.1. The van der Waals surface area contributed by atoms with E-state index in [-0.39, 0.29) is 0 Å². The van der Waals surface area contributed by atoms with Crippen molar-refractivity contribution in [3.8, 4) is 10.9 Å². The van der Waals surface area contributed by atoms with Gasteiger partial charge in [-0.15, -0.1) is 0 Å². The van der Waals surface area contributed by atoms with Crippen molar-refractivity contribution < 1.29 is 0 Å². The predicted molar refractivity (Wildman–Crippen MR) is 74.5 cm³/mol. The summed E-state index contributed by atoms with van der Waals surface area (Å²) in [5.41, 5.74) is 2.60. The molecule has 0 aliphatic heterocycles. The third-order valence-electron chi connectivity index (χ3n) is 2.23. The van der Waals surface area contributed by atoms with Crippen LogP contribution in [0.1, 0.15) is 5.56 Å². The molecular weight excluding hydrogens is 335 g/mol. The first-order chi connectivity index (χ1) is 7.18. The van der Waals surface area contributed by atoms with Crippen LogP contribution in [0.5, 0.6) is 0 Å². The Bertz CT molecular complexity index is 480. The molecule has 3 heteroatoms. The predicted octanol–water partition coefficient (Wildman–Crippen LogP) is 5.77. The largest absolute Gasteiger partial charge is 0.0622 e. The van der Waals surface area contributed by atoms with E-state index in [1.165, 1.54) is 28.8 Å². The fourth-order valence-electron chi connectivity index (χ4n) is 1.43. The van der Waals surface area contributed by atoms with Crippen LogP contribution in [0.3, 0.4) is 0 Å². The summed E-state index contributed by atoms with van der Waals surface area (Å²) in [6, 6.07) is 12.6. The van der Waals surface area contributed by atoms with Crippen LogP contribution < -0.4 is 0 Å². The number of halogens is 2. The molecule has 0 aliphatic rings. The Balaban J connectivity index is 2.63. The van der Waals surface area contributed by atoms with Crippen LogP contribution in [0, 0.1) is 6.92 Å². The van der Waals surface area contributed by atoms with Crippen LogP contribution in [0.4, 0.5) is 0 Å². The van der Waals surface area contributed by atoms with Crippen LogP contribution in [0.25, 0.3) is 10.9 Å². The molecule has 0 saturated heterocycles. The van der Waals surface area contributed by atoms with Crippen LogP contribution >= 0.6 is 40.1 Å². The summed E-state index contributed by atoms with van der Waals surface area (Å²) < 4.78 is 2.35. The molecule has 0 radical (unpaired) electrons. The molecule has 0 bridgehead atoms. The SMILES string of the molecule is Cc1c(Br)cc(Br)pc1-c1ccccc1. The minimum absolute atomic E-state index is 1.16. The van der Waals surface area contributed by atoms with E-state index in [4.69, 9.17) is 0 Å². The molecule has 2 aromatic rings. The summed E-state index contributed by atoms with van der Waals surface area (Å²) in [7, 11) is 1.24. The van der Waals surface area contributed by atoms with Crippen molar-refractivity contribution >= 4 is 40.1 Å². The monoisotopic (exact) mass is 342 g/mol. The Labute approximate surface area is 108 Å². The number of hydrogen-bond donors (Lipinski definition) is 0. The van der Waals surface area contributed by atoms with Gasteiger partial charge in [-0.25, -0.2) is 0 Å². The van der Waals surface area contributed by atoms with Crippen LogP contribution in [0.2, 0.25) is 0 Å². The van der Waals surface area contributed by atoms with Crippen LogP contribution in [-0.2, 0) is 0 Å². The maximum Gasteiger partial charge on any atom is 0.0465 e. The lowest BCUT2D eigenvalue weighted by Crippen LogP contribution is -1.81. The number of rotatable bonds is 1. The van der Waals surface area contributed by atoms with Gasteiger partial charge >= 0.3 is 0 Å². The van der Waals surface area contributed by atoms with E-state index < -0.39 is 0 Å². The highest BCUT2D eigenvalue weighted by Gasteiger charge is 2.06. The molecule has 0 aliphatic carbocycles. The lowest BCUT2D eigenvalue weighted by Gasteiger charge is -2.08. The third-order valence-corrected chi connectivity index (χ3v) is 4.97. The quantitative estimate of drug-likeness (QED) is 0.616. The van der Waals surface area contributed by atoms with Gasteiger partial charge in [0.1, 0.15) is 0 Å². The van der Waals surface area contributed by atoms with Crippen LogP contribution in [-0.4, -0.2) is 0 Å². The zero-order chi connectivity index (χ0) is 10.8. The highest BCUT2D eigenvalue weighted by Crippen LogP contribution is 2.40. The van der Waals surface area contributed by atoms with Crippen molar-refractivity contribution in [3.63, 3.8) is 0 Å². The molecule has 1 aromatic heterocycles. The average Bonchev–Trinajstić information content (AvgIpc) is 2.24. The Kier molecular flexibility index (Phi) is 3.60. The van der Waals surface area contributed by atoms with Gasteiger partial charge in [-0.05, 0) is 40.0 Å². The fraction of sp³-hybridized carbons (Fsp3) is 0.0833. The van der Waals surface area contributed by atoms with Crippen molar-refractivity contribution in [2.24, 2.45) is 0 Å². The van der Waals surface area contributed by atoms with Crippen LogP contribution in [0.15, 0.2) is 45.1 Å². The van der Waals surface area contributed by atoms with Gasteiger partial charge in [0.25, 0.3) is 0 Å². The molecule has 0 spiro atoms. The Morgan fingerprint density at radius 1 is 1.07 bits per heavy atom. The molecule has 0 atom stereocenters. The van der Waals surface area contributed by atoms with Gasteiger partial charge < -0.3 is 0 Å². The van der Waals surface area contributed by atoms with E-state index in [1.54, 1.807) is 0 Å². The third kappa shape index (κ3) is 2.50. The van der Waals surface area contributed by atoms with Gasteiger partial charge in [0.05, 0.1) is 0 Å². The smallest absolute Gasteiger partial charge is 0.0465 e. The summed E-state index contributed by atoms with van der Waals surface area (Å²) >= 11 is 7.14. The molecule has 0 amide bonds. The van der Waals surface area contributed by atoms with Crippen molar-refractivity contribution in [1.82, 2.24) is 0 Å². The van der Waals surface area contributed by atoms with E-state index in [1.807, 2.05) is 6.07 Å². The summed E-state index contributed by atoms with van der Waals surface area (Å²) in [4.78, 5) is 0. The topological polar surface area (TPSA) is 0 Å². The van der Waals surface area contributed by atoms with Crippen molar-refractivity contribution in [2.45, 2.75) is 6.92 Å². The summed E-state index contributed by atoms with van der Waals surface area (Å²) in [6.45, 7) is 2.15. The molecule has 0 nitrogen and oxygen atoms in total. The standard InChI is InChI=1S/C12H9Br2P/c1-8-10(13)7-11(14)15-12(8)9-5-3-2-4-6-9/h2-7H,1H3. The van der Waals surface area contributed by atoms with Gasteiger partial charge in [0.15, 0.2) is 0 Å². The number of benzene rings is 1. The first-order valence-electron chi connectivity index (χ1n) is 4.56. The molecule has 0 saturated carbocycles. The van der Waals surface area contributed by atoms with Crippen molar-refractivity contribution in [2.75, 3.05) is 0 Å². The molecule has 1 heterocycles. The number of hydrogen-bond acceptors (Lipinski definition) is 0. The highest BCUT2D eigenvalue weighted by atomic mass is 79.9. The second kappa shape index (κ2) is 4.78. The van der Waals surface area contributed by atoms with E-state index in [0.29, 0.717) is 0 Å². The molecule has 15 heavy (non-hydrogen) atoms. The van der Waals surface area contributed by atoms with Gasteiger partial charge in [0.2, 0.25) is 0 Å². The van der Waals surface area contributed by atoms with Gasteiger partial charge in [0, 0.05) is 14.0 Å². The first kappa shape index (κ1) is 11.3. The summed E-state index contributed by atoms with van der Waals surface area (Å²) in [5.74, 6) is 0. The lowest BCUT2D eigenvalue weighted by molar-refractivity contribution is 1.47. The van der Waals surface area contributed by atoms with Gasteiger partial charge in [-0.3, -0.25) is 0 Å². The Morgan fingerprint density at radius 3 is 2.40 bits per heavy atom. The van der Waals surface area contributed by atoms with Crippen molar-refractivity contribution in [1.29, 1.82) is 0 Å². The Hall–Kier alpha value is -0.170. The molecule has 0 N–H and O–H groups in total. The maximum atomic E-state index is 3.58. The van der Waals surface area contributed by atoms with Crippen molar-refractivity contribution in [3.05, 3.63) is 50.6 Å². The minimum atomic E-state index is 1.16. The molecule has 0 unspecified atom stereocenters. The van der Waals surface area contributed by atoms with Gasteiger partial charge in [-0.1, -0.05) is 54.5 Å². The molecule has 76 valence electrons. The normalized spacial score (nSPS) is 10.9. The molecule has 2 rings (SSSR count). The second-order valence-electron chi connectivity index (χ2n) is 3.27. The second-order valence-corrected chi connectivity index (χ2v) is 6.74. The maximum absolute atomic E-state index is 3.58. The summed E-state index contributed by atoms with van der Waals surface area (Å²) in [6.07, 6.45) is 0. The highest BCUT2D eigenvalue weighted by molar-refractivity contribution is 9.11. The molecule has 0 fully saturated rings.